The zero-order chi connectivity index (χ0) is 14.8. The van der Waals surface area contributed by atoms with Gasteiger partial charge in [0.15, 0.2) is 5.78 Å². The summed E-state index contributed by atoms with van der Waals surface area (Å²) in [5.74, 6) is 0.121. The maximum atomic E-state index is 11.3. The summed E-state index contributed by atoms with van der Waals surface area (Å²) in [5, 5.41) is 1.29. The first kappa shape index (κ1) is 13.6. The number of aryl methyl sites for hydroxylation is 3. The summed E-state index contributed by atoms with van der Waals surface area (Å²) in [5.41, 5.74) is 4.67. The molecule has 0 saturated heterocycles. The van der Waals surface area contributed by atoms with Crippen LogP contribution in [0.4, 0.5) is 0 Å². The van der Waals surface area contributed by atoms with Crippen LogP contribution in [0.1, 0.15) is 28.5 Å². The number of aromatic nitrogens is 1. The second kappa shape index (κ2) is 5.57. The van der Waals surface area contributed by atoms with Crippen molar-refractivity contribution in [2.24, 2.45) is 7.05 Å². The van der Waals surface area contributed by atoms with Crippen LogP contribution in [-0.2, 0) is 19.9 Å². The van der Waals surface area contributed by atoms with E-state index in [1.165, 1.54) is 22.2 Å². The number of ketones is 1. The Labute approximate surface area is 125 Å². The Morgan fingerprint density at radius 1 is 1.00 bits per heavy atom. The number of hydrogen-bond acceptors (Lipinski definition) is 1. The van der Waals surface area contributed by atoms with Crippen molar-refractivity contribution in [1.82, 2.24) is 4.57 Å². The monoisotopic (exact) mass is 277 g/mol. The molecule has 0 saturated carbocycles. The largest absolute Gasteiger partial charge is 0.348 e. The van der Waals surface area contributed by atoms with Gasteiger partial charge in [-0.1, -0.05) is 42.5 Å². The molecule has 0 radical (unpaired) electrons. The van der Waals surface area contributed by atoms with Crippen LogP contribution in [0.5, 0.6) is 0 Å². The first-order valence-electron chi connectivity index (χ1n) is 7.28. The number of nitrogens with zero attached hydrogens (tertiary/aromatic N) is 1. The molecule has 1 aromatic heterocycles. The van der Waals surface area contributed by atoms with Crippen molar-refractivity contribution >= 4 is 16.7 Å². The van der Waals surface area contributed by atoms with Gasteiger partial charge < -0.3 is 4.57 Å². The van der Waals surface area contributed by atoms with Crippen molar-refractivity contribution in [2.75, 3.05) is 0 Å². The average molecular weight is 277 g/mol. The summed E-state index contributed by atoms with van der Waals surface area (Å²) in [7, 11) is 2.12. The van der Waals surface area contributed by atoms with Crippen LogP contribution < -0.4 is 0 Å². The first-order valence-corrected chi connectivity index (χ1v) is 7.28. The fraction of sp³-hybridized carbons (Fsp3) is 0.211. The van der Waals surface area contributed by atoms with E-state index in [1.54, 1.807) is 6.92 Å². The average Bonchev–Trinajstić information content (AvgIpc) is 2.82. The van der Waals surface area contributed by atoms with E-state index < -0.39 is 0 Å². The van der Waals surface area contributed by atoms with Crippen molar-refractivity contribution in [3.8, 4) is 0 Å². The van der Waals surface area contributed by atoms with E-state index in [0.29, 0.717) is 0 Å². The van der Waals surface area contributed by atoms with Crippen molar-refractivity contribution in [1.29, 1.82) is 0 Å². The predicted molar refractivity (Wildman–Crippen MR) is 86.8 cm³/mol. The lowest BCUT2D eigenvalue weighted by Crippen LogP contribution is -1.99. The van der Waals surface area contributed by atoms with Gasteiger partial charge in [-0.05, 0) is 42.8 Å². The summed E-state index contributed by atoms with van der Waals surface area (Å²) in [6.45, 7) is 1.60. The zero-order valence-electron chi connectivity index (χ0n) is 12.5. The number of carbonyl (C=O) groups is 1. The Morgan fingerprint density at radius 3 is 2.38 bits per heavy atom. The smallest absolute Gasteiger partial charge is 0.159 e. The third-order valence-corrected chi connectivity index (χ3v) is 4.08. The van der Waals surface area contributed by atoms with E-state index in [4.69, 9.17) is 0 Å². The van der Waals surface area contributed by atoms with Crippen LogP contribution in [0.15, 0.2) is 54.6 Å². The molecule has 0 aliphatic rings. The molecule has 2 aromatic carbocycles. The zero-order valence-corrected chi connectivity index (χ0v) is 12.5. The molecule has 0 bridgehead atoms. The molecular formula is C19H19NO. The fourth-order valence-electron chi connectivity index (χ4n) is 2.76. The van der Waals surface area contributed by atoms with Crippen molar-refractivity contribution in [3.63, 3.8) is 0 Å². The van der Waals surface area contributed by atoms with Gasteiger partial charge >= 0.3 is 0 Å². The van der Waals surface area contributed by atoms with E-state index in [9.17, 15) is 4.79 Å². The van der Waals surface area contributed by atoms with Gasteiger partial charge in [-0.15, -0.1) is 0 Å². The number of benzene rings is 2. The van der Waals surface area contributed by atoms with Crippen molar-refractivity contribution in [2.45, 2.75) is 19.8 Å². The normalized spacial score (nSPS) is 11.0. The Kier molecular flexibility index (Phi) is 3.61. The molecule has 0 spiro atoms. The van der Waals surface area contributed by atoms with Gasteiger partial charge in [-0.2, -0.15) is 0 Å². The molecular weight excluding hydrogens is 258 g/mol. The Morgan fingerprint density at radius 2 is 1.71 bits per heavy atom. The van der Waals surface area contributed by atoms with Gasteiger partial charge in [-0.25, -0.2) is 0 Å². The van der Waals surface area contributed by atoms with E-state index in [1.807, 2.05) is 12.1 Å². The van der Waals surface area contributed by atoms with Crippen LogP contribution in [-0.4, -0.2) is 10.4 Å². The van der Waals surface area contributed by atoms with Crippen LogP contribution in [0, 0.1) is 0 Å². The summed E-state index contributed by atoms with van der Waals surface area (Å²) >= 11 is 0. The highest BCUT2D eigenvalue weighted by Crippen LogP contribution is 2.19. The van der Waals surface area contributed by atoms with E-state index >= 15 is 0 Å². The van der Waals surface area contributed by atoms with Gasteiger partial charge in [-0.3, -0.25) is 4.79 Å². The molecule has 2 heteroatoms. The molecule has 0 aliphatic heterocycles. The molecule has 0 unspecified atom stereocenters. The number of Topliss-reactive ketones (excluding diaryl/α,β-unsaturated/α-hetero) is 1. The van der Waals surface area contributed by atoms with Crippen LogP contribution in [0.25, 0.3) is 10.9 Å². The third-order valence-electron chi connectivity index (χ3n) is 4.08. The highest BCUT2D eigenvalue weighted by molar-refractivity contribution is 5.94. The Balaban J connectivity index is 1.77. The number of para-hydroxylation sites is 1. The van der Waals surface area contributed by atoms with Gasteiger partial charge in [0.05, 0.1) is 0 Å². The van der Waals surface area contributed by atoms with Crippen LogP contribution in [0.3, 0.4) is 0 Å². The minimum Gasteiger partial charge on any atom is -0.348 e. The second-order valence-corrected chi connectivity index (χ2v) is 5.51. The lowest BCUT2D eigenvalue weighted by atomic mass is 10.0. The first-order chi connectivity index (χ1) is 10.1. The molecule has 106 valence electrons. The van der Waals surface area contributed by atoms with Gasteiger partial charge in [0.25, 0.3) is 0 Å². The van der Waals surface area contributed by atoms with Crippen LogP contribution in [0.2, 0.25) is 0 Å². The fourth-order valence-corrected chi connectivity index (χ4v) is 2.76. The number of fused-ring (bicyclic) bond motifs is 1. The number of hydrogen-bond donors (Lipinski definition) is 0. The standard InChI is InChI=1S/C19H19NO/c1-14(21)16-10-7-15(8-11-16)9-12-18-13-17-5-3-4-6-19(17)20(18)2/h3-8,10-11,13H,9,12H2,1-2H3. The summed E-state index contributed by atoms with van der Waals surface area (Å²) in [4.78, 5) is 11.3. The molecule has 0 atom stereocenters. The summed E-state index contributed by atoms with van der Waals surface area (Å²) in [6, 6.07) is 18.7. The van der Waals surface area contributed by atoms with Crippen LogP contribution >= 0.6 is 0 Å². The minimum atomic E-state index is 0.121. The van der Waals surface area contributed by atoms with E-state index in [2.05, 4.69) is 54.1 Å². The highest BCUT2D eigenvalue weighted by atomic mass is 16.1. The lowest BCUT2D eigenvalue weighted by Gasteiger charge is -2.05. The molecule has 3 rings (SSSR count). The summed E-state index contributed by atoms with van der Waals surface area (Å²) < 4.78 is 2.26. The second-order valence-electron chi connectivity index (χ2n) is 5.51. The Hall–Kier alpha value is -2.35. The third kappa shape index (κ3) is 2.75. The molecule has 0 N–H and O–H groups in total. The lowest BCUT2D eigenvalue weighted by molar-refractivity contribution is 0.101. The molecule has 1 heterocycles. The number of rotatable bonds is 4. The van der Waals surface area contributed by atoms with E-state index in [0.717, 1.165) is 18.4 Å². The highest BCUT2D eigenvalue weighted by Gasteiger charge is 2.05. The molecule has 2 nitrogen and oxygen atoms in total. The SMILES string of the molecule is CC(=O)c1ccc(CCc2cc3ccccc3n2C)cc1. The maximum absolute atomic E-state index is 11.3. The Bertz CT molecular complexity index is 781. The molecule has 0 amide bonds. The minimum absolute atomic E-state index is 0.121. The molecule has 21 heavy (non-hydrogen) atoms. The molecule has 0 aliphatic carbocycles. The summed E-state index contributed by atoms with van der Waals surface area (Å²) in [6.07, 6.45) is 1.99. The van der Waals surface area contributed by atoms with Crippen molar-refractivity contribution < 1.29 is 4.79 Å². The maximum Gasteiger partial charge on any atom is 0.159 e. The van der Waals surface area contributed by atoms with Gasteiger partial charge in [0.2, 0.25) is 0 Å². The quantitative estimate of drug-likeness (QED) is 0.656. The van der Waals surface area contributed by atoms with E-state index in [-0.39, 0.29) is 5.78 Å². The number of carbonyl (C=O) groups excluding carboxylic acids is 1. The van der Waals surface area contributed by atoms with Gasteiger partial charge in [0.1, 0.15) is 0 Å². The topological polar surface area (TPSA) is 22.0 Å². The van der Waals surface area contributed by atoms with Crippen molar-refractivity contribution in [3.05, 3.63) is 71.4 Å². The molecule has 0 fully saturated rings. The predicted octanol–water partition coefficient (Wildman–Crippen LogP) is 4.17. The van der Waals surface area contributed by atoms with Gasteiger partial charge in [0, 0.05) is 23.8 Å². The molecule has 3 aromatic rings.